The highest BCUT2D eigenvalue weighted by Gasteiger charge is 2.46. The van der Waals surface area contributed by atoms with E-state index in [1.54, 1.807) is 28.7 Å². The lowest BCUT2D eigenvalue weighted by Gasteiger charge is -2.30. The molecule has 3 N–H and O–H groups in total. The molecule has 224 valence electrons. The highest BCUT2D eigenvalue weighted by Crippen LogP contribution is 2.39. The van der Waals surface area contributed by atoms with E-state index in [4.69, 9.17) is 24.9 Å². The van der Waals surface area contributed by atoms with Crippen molar-refractivity contribution in [2.45, 2.75) is 38.0 Å². The van der Waals surface area contributed by atoms with Gasteiger partial charge < -0.3 is 34.5 Å². The van der Waals surface area contributed by atoms with Gasteiger partial charge in [0.15, 0.2) is 12.4 Å². The predicted octanol–water partition coefficient (Wildman–Crippen LogP) is 3.04. The van der Waals surface area contributed by atoms with Crippen molar-refractivity contribution < 1.29 is 23.7 Å². The molecule has 12 nitrogen and oxygen atoms in total. The molecule has 0 radical (unpaired) electrons. The Morgan fingerprint density at radius 3 is 2.77 bits per heavy atom. The Morgan fingerprint density at radius 2 is 2.00 bits per heavy atom. The Bertz CT molecular complexity index is 1790. The van der Waals surface area contributed by atoms with Gasteiger partial charge in [-0.3, -0.25) is 9.67 Å². The maximum atomic E-state index is 15.6. The number of morpholine rings is 1. The monoisotopic (exact) mass is 588 g/mol. The van der Waals surface area contributed by atoms with Crippen LogP contribution in [-0.2, 0) is 22.9 Å². The molecule has 2 aliphatic rings. The molecule has 0 amide bonds. The second-order valence-electron chi connectivity index (χ2n) is 10.9. The first-order valence-corrected chi connectivity index (χ1v) is 14.4. The number of halogens is 1. The number of rotatable bonds is 7. The van der Waals surface area contributed by atoms with E-state index in [1.165, 1.54) is 6.33 Å². The summed E-state index contributed by atoms with van der Waals surface area (Å²) in [5.41, 5.74) is 10.8. The van der Waals surface area contributed by atoms with Crippen molar-refractivity contribution in [1.29, 1.82) is 0 Å². The first-order valence-electron chi connectivity index (χ1n) is 14.4. The molecule has 0 bridgehead atoms. The number of aliphatic hydroxyl groups excluding tert-OH is 1. The molecule has 0 aliphatic carbocycles. The zero-order valence-corrected chi connectivity index (χ0v) is 23.9. The Hall–Kier alpha value is -4.33. The van der Waals surface area contributed by atoms with Gasteiger partial charge in [0.1, 0.15) is 42.4 Å². The van der Waals surface area contributed by atoms with Gasteiger partial charge in [-0.05, 0) is 30.7 Å². The Morgan fingerprint density at radius 1 is 1.16 bits per heavy atom. The number of ether oxygens (including phenoxy) is 3. The second-order valence-corrected chi connectivity index (χ2v) is 10.9. The molecule has 6 heterocycles. The molecule has 0 saturated carbocycles. The van der Waals surface area contributed by atoms with Crippen molar-refractivity contribution >= 4 is 33.4 Å². The van der Waals surface area contributed by atoms with E-state index in [1.807, 2.05) is 24.3 Å². The summed E-state index contributed by atoms with van der Waals surface area (Å²) in [7, 11) is 1.80. The van der Waals surface area contributed by atoms with E-state index in [0.717, 1.165) is 41.8 Å². The third kappa shape index (κ3) is 4.92. The summed E-state index contributed by atoms with van der Waals surface area (Å²) in [6.07, 6.45) is 0.372. The molecule has 4 aromatic heterocycles. The molecule has 7 rings (SSSR count). The van der Waals surface area contributed by atoms with E-state index < -0.39 is 24.6 Å². The quantitative estimate of drug-likeness (QED) is 0.292. The van der Waals surface area contributed by atoms with Gasteiger partial charge in [0.25, 0.3) is 0 Å². The van der Waals surface area contributed by atoms with Gasteiger partial charge in [-0.1, -0.05) is 6.92 Å². The van der Waals surface area contributed by atoms with E-state index in [2.05, 4.69) is 33.0 Å². The van der Waals surface area contributed by atoms with Crippen LogP contribution in [0.1, 0.15) is 18.8 Å². The van der Waals surface area contributed by atoms with Gasteiger partial charge in [0.05, 0.1) is 29.8 Å². The van der Waals surface area contributed by atoms with E-state index in [-0.39, 0.29) is 12.4 Å². The van der Waals surface area contributed by atoms with E-state index in [0.29, 0.717) is 41.3 Å². The number of nitrogen functional groups attached to an aromatic ring is 1. The number of hydrogen-bond acceptors (Lipinski definition) is 10. The normalized spacial score (nSPS) is 22.6. The van der Waals surface area contributed by atoms with Crippen LogP contribution in [0.5, 0.6) is 5.75 Å². The number of alkyl halides is 1. The number of aromatic nitrogens is 6. The Labute approximate surface area is 246 Å². The molecule has 0 unspecified atom stereocenters. The van der Waals surface area contributed by atoms with Crippen molar-refractivity contribution in [3.63, 3.8) is 0 Å². The summed E-state index contributed by atoms with van der Waals surface area (Å²) >= 11 is 0. The fraction of sp³-hybridized carbons (Fsp3) is 0.400. The van der Waals surface area contributed by atoms with Crippen LogP contribution in [-0.4, -0.2) is 85.7 Å². The fourth-order valence-corrected chi connectivity index (χ4v) is 5.88. The summed E-state index contributed by atoms with van der Waals surface area (Å²) in [4.78, 5) is 15.6. The first-order chi connectivity index (χ1) is 20.9. The van der Waals surface area contributed by atoms with Crippen LogP contribution >= 0.6 is 0 Å². The van der Waals surface area contributed by atoms with Crippen LogP contribution in [0.2, 0.25) is 0 Å². The summed E-state index contributed by atoms with van der Waals surface area (Å²) < 4.78 is 36.5. The molecule has 2 saturated heterocycles. The molecule has 2 fully saturated rings. The number of benzene rings is 1. The minimum Gasteiger partial charge on any atom is -0.491 e. The fourth-order valence-electron chi connectivity index (χ4n) is 5.88. The van der Waals surface area contributed by atoms with Crippen molar-refractivity contribution in [2.75, 3.05) is 43.5 Å². The van der Waals surface area contributed by atoms with Gasteiger partial charge in [-0.15, -0.1) is 0 Å². The third-order valence-electron chi connectivity index (χ3n) is 8.14. The van der Waals surface area contributed by atoms with Crippen LogP contribution in [0, 0.1) is 0 Å². The maximum absolute atomic E-state index is 15.6. The number of nitrogens with two attached hydrogens (primary N) is 1. The van der Waals surface area contributed by atoms with Crippen LogP contribution < -0.4 is 15.4 Å². The average Bonchev–Trinajstić information content (AvgIpc) is 3.71. The second kappa shape index (κ2) is 11.1. The number of fused-ring (bicyclic) bond motifs is 2. The summed E-state index contributed by atoms with van der Waals surface area (Å²) in [6.45, 7) is 5.04. The number of aryl methyl sites for hydroxylation is 2. The lowest BCUT2D eigenvalue weighted by atomic mass is 10.1. The minimum atomic E-state index is -1.74. The highest BCUT2D eigenvalue weighted by atomic mass is 19.1. The zero-order chi connectivity index (χ0) is 29.7. The number of aliphatic hydroxyl groups is 1. The third-order valence-corrected chi connectivity index (χ3v) is 8.14. The molecular formula is C30H33FN8O4. The molecule has 5 aromatic rings. The van der Waals surface area contributed by atoms with Crippen LogP contribution in [0.3, 0.4) is 0 Å². The van der Waals surface area contributed by atoms with Crippen LogP contribution in [0.4, 0.5) is 15.9 Å². The van der Waals surface area contributed by atoms with Gasteiger partial charge in [0, 0.05) is 60.9 Å². The van der Waals surface area contributed by atoms with E-state index in [9.17, 15) is 5.11 Å². The zero-order valence-electron chi connectivity index (χ0n) is 23.9. The minimum absolute atomic E-state index is 0.0587. The van der Waals surface area contributed by atoms with Gasteiger partial charge in [-0.25, -0.2) is 14.4 Å². The average molecular weight is 589 g/mol. The maximum Gasteiger partial charge on any atom is 0.173 e. The summed E-state index contributed by atoms with van der Waals surface area (Å²) in [5, 5.41) is 16.9. The van der Waals surface area contributed by atoms with Crippen LogP contribution in [0.25, 0.3) is 33.2 Å². The van der Waals surface area contributed by atoms with Gasteiger partial charge >= 0.3 is 0 Å². The summed E-state index contributed by atoms with van der Waals surface area (Å²) in [6, 6.07) is 9.70. The highest BCUT2D eigenvalue weighted by molar-refractivity contribution is 6.00. The lowest BCUT2D eigenvalue weighted by Crippen LogP contribution is -2.36. The summed E-state index contributed by atoms with van der Waals surface area (Å²) in [5.74, 6) is 0.798. The largest absolute Gasteiger partial charge is 0.491 e. The van der Waals surface area contributed by atoms with Crippen molar-refractivity contribution in [2.24, 2.45) is 7.05 Å². The molecule has 2 aliphatic heterocycles. The predicted molar refractivity (Wildman–Crippen MR) is 159 cm³/mol. The number of anilines is 2. The topological polar surface area (TPSA) is 139 Å². The van der Waals surface area contributed by atoms with Crippen molar-refractivity contribution in [3.8, 4) is 17.0 Å². The molecule has 13 heteroatoms. The van der Waals surface area contributed by atoms with Crippen LogP contribution in [0.15, 0.2) is 49.1 Å². The smallest absolute Gasteiger partial charge is 0.173 e. The standard InChI is InChI=1S/C30H33FN8O4/c1-3-17-12-23(38-8-10-41-11-9-38)19-5-4-18(13-22(19)35-17)42-15-24-27(40)26(31)30(43-24)39-14-20(21-6-7-37(2)36-21)25-28(32)33-16-34-29(25)39/h4-7,12-14,16,24,26-27,30,40H,3,8-11,15H2,1-2H3,(H2,32,33,34)/t24-,26+,27-,30-/m1/s1. The van der Waals surface area contributed by atoms with Gasteiger partial charge in [0.2, 0.25) is 0 Å². The molecule has 4 atom stereocenters. The number of nitrogens with zero attached hydrogens (tertiary/aromatic N) is 7. The number of pyridine rings is 1. The van der Waals surface area contributed by atoms with Crippen molar-refractivity contribution in [1.82, 2.24) is 29.3 Å². The molecular weight excluding hydrogens is 555 g/mol. The Kier molecular flexibility index (Phi) is 7.07. The lowest BCUT2D eigenvalue weighted by molar-refractivity contribution is -0.0410. The SMILES string of the molecule is CCc1cc(N2CCOCC2)c2ccc(OC[C@H]3O[C@@H](n4cc(-c5ccn(C)n5)c5c(N)ncnc54)[C@@H](F)[C@@H]3O)cc2n1. The van der Waals surface area contributed by atoms with E-state index >= 15 is 4.39 Å². The Balaban J connectivity index is 1.13. The van der Waals surface area contributed by atoms with Crippen molar-refractivity contribution in [3.05, 3.63) is 54.7 Å². The molecule has 1 aromatic carbocycles. The first kappa shape index (κ1) is 27.5. The number of hydrogen-bond donors (Lipinski definition) is 2. The van der Waals surface area contributed by atoms with Gasteiger partial charge in [-0.2, -0.15) is 5.10 Å². The molecule has 43 heavy (non-hydrogen) atoms. The molecule has 0 spiro atoms.